The Balaban J connectivity index is 0.00000242. The average molecular weight is 413 g/mol. The van der Waals surface area contributed by atoms with Crippen molar-refractivity contribution in [1.82, 2.24) is 0 Å². The van der Waals surface area contributed by atoms with Crippen molar-refractivity contribution < 1.29 is 4.39 Å². The predicted molar refractivity (Wildman–Crippen MR) is 101 cm³/mol. The zero-order valence-electron chi connectivity index (χ0n) is 12.7. The fraction of sp³-hybridized carbons (Fsp3) is 0.235. The van der Waals surface area contributed by atoms with Crippen LogP contribution in [0.15, 0.2) is 53.5 Å². The lowest BCUT2D eigenvalue weighted by Gasteiger charge is -2.10. The van der Waals surface area contributed by atoms with Crippen LogP contribution in [0.5, 0.6) is 0 Å². The van der Waals surface area contributed by atoms with Crippen LogP contribution < -0.4 is 11.1 Å². The summed E-state index contributed by atoms with van der Waals surface area (Å²) < 4.78 is 12.8. The Kier molecular flexibility index (Phi) is 7.31. The highest BCUT2D eigenvalue weighted by molar-refractivity contribution is 14.0. The summed E-state index contributed by atoms with van der Waals surface area (Å²) in [4.78, 5) is 4.25. The highest BCUT2D eigenvalue weighted by Crippen LogP contribution is 2.18. The van der Waals surface area contributed by atoms with E-state index in [1.165, 1.54) is 17.7 Å². The molecular formula is C17H21FIN3. The first-order valence-corrected chi connectivity index (χ1v) is 6.96. The molecule has 2 rings (SSSR count). The van der Waals surface area contributed by atoms with Gasteiger partial charge in [-0.05, 0) is 41.3 Å². The molecular weight excluding hydrogens is 392 g/mol. The molecule has 0 aliphatic heterocycles. The molecule has 5 heteroatoms. The Morgan fingerprint density at radius 3 is 2.50 bits per heavy atom. The largest absolute Gasteiger partial charge is 0.370 e. The van der Waals surface area contributed by atoms with Gasteiger partial charge in [0.05, 0.1) is 6.54 Å². The summed E-state index contributed by atoms with van der Waals surface area (Å²) >= 11 is 0. The summed E-state index contributed by atoms with van der Waals surface area (Å²) in [5, 5.41) is 3.07. The Morgan fingerprint density at radius 1 is 1.18 bits per heavy atom. The van der Waals surface area contributed by atoms with Gasteiger partial charge in [0, 0.05) is 5.69 Å². The fourth-order valence-electron chi connectivity index (χ4n) is 1.93. The van der Waals surface area contributed by atoms with Crippen LogP contribution in [-0.4, -0.2) is 5.96 Å². The number of nitrogens with one attached hydrogen (secondary N) is 1. The molecule has 0 heterocycles. The van der Waals surface area contributed by atoms with Crippen molar-refractivity contribution in [3.05, 3.63) is 65.5 Å². The zero-order valence-corrected chi connectivity index (χ0v) is 15.0. The number of benzene rings is 2. The van der Waals surface area contributed by atoms with Crippen LogP contribution in [0.4, 0.5) is 10.1 Å². The monoisotopic (exact) mass is 413 g/mol. The number of aliphatic imine (C=N–C) groups is 1. The van der Waals surface area contributed by atoms with Crippen molar-refractivity contribution in [3.8, 4) is 0 Å². The van der Waals surface area contributed by atoms with Gasteiger partial charge in [0.25, 0.3) is 0 Å². The molecule has 22 heavy (non-hydrogen) atoms. The van der Waals surface area contributed by atoms with Gasteiger partial charge in [0.15, 0.2) is 5.96 Å². The van der Waals surface area contributed by atoms with E-state index in [0.717, 1.165) is 11.3 Å². The molecule has 0 saturated heterocycles. The highest BCUT2D eigenvalue weighted by atomic mass is 127. The normalized spacial score (nSPS) is 11.2. The molecule has 3 N–H and O–H groups in total. The van der Waals surface area contributed by atoms with E-state index < -0.39 is 0 Å². The van der Waals surface area contributed by atoms with Crippen LogP contribution in [0, 0.1) is 5.82 Å². The van der Waals surface area contributed by atoms with Gasteiger partial charge in [0.1, 0.15) is 5.82 Å². The van der Waals surface area contributed by atoms with Crippen LogP contribution in [0.2, 0.25) is 0 Å². The van der Waals surface area contributed by atoms with Crippen LogP contribution >= 0.6 is 24.0 Å². The molecule has 0 fully saturated rings. The van der Waals surface area contributed by atoms with E-state index >= 15 is 0 Å². The van der Waals surface area contributed by atoms with E-state index in [4.69, 9.17) is 5.73 Å². The zero-order chi connectivity index (χ0) is 15.2. The van der Waals surface area contributed by atoms with Crippen LogP contribution in [-0.2, 0) is 6.54 Å². The Hall–Kier alpha value is -1.63. The van der Waals surface area contributed by atoms with Gasteiger partial charge in [-0.25, -0.2) is 9.38 Å². The van der Waals surface area contributed by atoms with Gasteiger partial charge in [-0.3, -0.25) is 0 Å². The van der Waals surface area contributed by atoms with Crippen molar-refractivity contribution >= 4 is 35.6 Å². The van der Waals surface area contributed by atoms with E-state index in [-0.39, 0.29) is 29.8 Å². The first-order valence-electron chi connectivity index (χ1n) is 6.96. The molecule has 0 radical (unpaired) electrons. The minimum absolute atomic E-state index is 0. The quantitative estimate of drug-likeness (QED) is 0.441. The fourth-order valence-corrected chi connectivity index (χ4v) is 1.93. The lowest BCUT2D eigenvalue weighted by atomic mass is 10.0. The summed E-state index contributed by atoms with van der Waals surface area (Å²) in [5.41, 5.74) is 8.95. The summed E-state index contributed by atoms with van der Waals surface area (Å²) in [6, 6.07) is 14.3. The first kappa shape index (κ1) is 18.4. The smallest absolute Gasteiger partial charge is 0.193 e. The Bertz CT molecular complexity index is 624. The van der Waals surface area contributed by atoms with Crippen LogP contribution in [0.1, 0.15) is 30.9 Å². The molecule has 0 spiro atoms. The van der Waals surface area contributed by atoms with E-state index in [1.807, 2.05) is 12.1 Å². The summed E-state index contributed by atoms with van der Waals surface area (Å²) in [7, 11) is 0. The molecule has 0 atom stereocenters. The molecule has 2 aromatic rings. The van der Waals surface area contributed by atoms with Gasteiger partial charge in [-0.2, -0.15) is 0 Å². The van der Waals surface area contributed by atoms with Crippen LogP contribution in [0.25, 0.3) is 0 Å². The number of halogens is 2. The second-order valence-electron chi connectivity index (χ2n) is 5.23. The van der Waals surface area contributed by atoms with Crippen molar-refractivity contribution in [2.45, 2.75) is 26.3 Å². The number of guanidine groups is 1. The highest BCUT2D eigenvalue weighted by Gasteiger charge is 2.01. The topological polar surface area (TPSA) is 50.4 Å². The molecule has 3 nitrogen and oxygen atoms in total. The summed E-state index contributed by atoms with van der Waals surface area (Å²) in [6.07, 6.45) is 0. The van der Waals surface area contributed by atoms with Gasteiger partial charge >= 0.3 is 0 Å². The molecule has 0 saturated carbocycles. The maximum absolute atomic E-state index is 12.8. The third-order valence-corrected chi connectivity index (χ3v) is 3.17. The molecule has 0 amide bonds. The lowest BCUT2D eigenvalue weighted by Crippen LogP contribution is -2.22. The van der Waals surface area contributed by atoms with E-state index in [1.54, 1.807) is 12.1 Å². The number of nitrogens with two attached hydrogens (primary N) is 1. The van der Waals surface area contributed by atoms with Crippen molar-refractivity contribution in [2.75, 3.05) is 5.32 Å². The lowest BCUT2D eigenvalue weighted by molar-refractivity contribution is 0.627. The van der Waals surface area contributed by atoms with Crippen molar-refractivity contribution in [3.63, 3.8) is 0 Å². The summed E-state index contributed by atoms with van der Waals surface area (Å²) in [5.74, 6) is 0.559. The summed E-state index contributed by atoms with van der Waals surface area (Å²) in [6.45, 7) is 4.71. The molecule has 0 aliphatic rings. The number of hydrogen-bond acceptors (Lipinski definition) is 1. The Morgan fingerprint density at radius 2 is 1.86 bits per heavy atom. The van der Waals surface area contributed by atoms with Gasteiger partial charge in [-0.1, -0.05) is 38.1 Å². The second-order valence-corrected chi connectivity index (χ2v) is 5.23. The molecule has 118 valence electrons. The van der Waals surface area contributed by atoms with E-state index in [2.05, 4.69) is 36.3 Å². The van der Waals surface area contributed by atoms with Gasteiger partial charge in [-0.15, -0.1) is 24.0 Å². The Labute approximate surface area is 147 Å². The SMILES string of the molecule is CC(C)c1cccc(NC(N)=NCc2ccc(F)cc2)c1.I. The van der Waals surface area contributed by atoms with Gasteiger partial charge in [0.2, 0.25) is 0 Å². The molecule has 2 aromatic carbocycles. The number of anilines is 1. The van der Waals surface area contributed by atoms with Gasteiger partial charge < -0.3 is 11.1 Å². The van der Waals surface area contributed by atoms with Crippen molar-refractivity contribution in [2.24, 2.45) is 10.7 Å². The van der Waals surface area contributed by atoms with E-state index in [9.17, 15) is 4.39 Å². The van der Waals surface area contributed by atoms with E-state index in [0.29, 0.717) is 18.4 Å². The van der Waals surface area contributed by atoms with Crippen LogP contribution in [0.3, 0.4) is 0 Å². The van der Waals surface area contributed by atoms with Crippen molar-refractivity contribution in [1.29, 1.82) is 0 Å². The third-order valence-electron chi connectivity index (χ3n) is 3.17. The molecule has 0 bridgehead atoms. The number of hydrogen-bond donors (Lipinski definition) is 2. The molecule has 0 aromatic heterocycles. The third kappa shape index (κ3) is 5.63. The maximum atomic E-state index is 12.8. The maximum Gasteiger partial charge on any atom is 0.193 e. The number of rotatable bonds is 4. The minimum Gasteiger partial charge on any atom is -0.370 e. The standard InChI is InChI=1S/C17H20FN3.HI/c1-12(2)14-4-3-5-16(10-14)21-17(19)20-11-13-6-8-15(18)9-7-13;/h3-10,12H,11H2,1-2H3,(H3,19,20,21);1H. The first-order chi connectivity index (χ1) is 10.0. The predicted octanol–water partition coefficient (Wildman–Crippen LogP) is 4.49. The molecule has 0 unspecified atom stereocenters. The minimum atomic E-state index is -0.251. The number of nitrogens with zero attached hydrogens (tertiary/aromatic N) is 1. The second kappa shape index (κ2) is 8.73. The molecule has 0 aliphatic carbocycles. The average Bonchev–Trinajstić information content (AvgIpc) is 2.47.